The molecule has 4 rings (SSSR count). The van der Waals surface area contributed by atoms with E-state index in [1.54, 1.807) is 0 Å². The number of fused-ring (bicyclic) bond motifs is 1. The number of morpholine rings is 1. The summed E-state index contributed by atoms with van der Waals surface area (Å²) >= 11 is 0. The fourth-order valence-corrected chi connectivity index (χ4v) is 4.58. The molecule has 0 spiro atoms. The molecule has 0 unspecified atom stereocenters. The van der Waals surface area contributed by atoms with Gasteiger partial charge in [0, 0.05) is 43.2 Å². The molecule has 0 radical (unpaired) electrons. The summed E-state index contributed by atoms with van der Waals surface area (Å²) < 4.78 is 5.50. The van der Waals surface area contributed by atoms with E-state index in [9.17, 15) is 5.11 Å². The first-order valence-electron chi connectivity index (χ1n) is 10.2. The summed E-state index contributed by atoms with van der Waals surface area (Å²) in [6.45, 7) is 10.4. The Morgan fingerprint density at radius 1 is 1.15 bits per heavy atom. The molecule has 3 heterocycles. The van der Waals surface area contributed by atoms with Crippen molar-refractivity contribution in [2.75, 3.05) is 44.3 Å². The number of aliphatic hydroxyl groups excluding tert-OH is 1. The molecule has 146 valence electrons. The first kappa shape index (κ1) is 18.7. The SMILES string of the molecule is Cc1ccc2cc(CO)c(N3CCC([C@@H](C)N4CCOCC4)CC3)nc2c1. The highest BCUT2D eigenvalue weighted by Crippen LogP contribution is 2.30. The third-order valence-corrected chi connectivity index (χ3v) is 6.34. The Kier molecular flexibility index (Phi) is 5.62. The Morgan fingerprint density at radius 2 is 1.89 bits per heavy atom. The number of pyridine rings is 1. The predicted molar refractivity (Wildman–Crippen MR) is 109 cm³/mol. The fraction of sp³-hybridized carbons (Fsp3) is 0.591. The minimum atomic E-state index is 0.0380. The lowest BCUT2D eigenvalue weighted by Gasteiger charge is -2.41. The van der Waals surface area contributed by atoms with Crippen LogP contribution in [0.25, 0.3) is 10.9 Å². The van der Waals surface area contributed by atoms with Crippen molar-refractivity contribution in [3.05, 3.63) is 35.4 Å². The maximum absolute atomic E-state index is 9.89. The molecule has 5 heteroatoms. The van der Waals surface area contributed by atoms with Crippen LogP contribution in [0.3, 0.4) is 0 Å². The third kappa shape index (κ3) is 3.96. The van der Waals surface area contributed by atoms with E-state index in [-0.39, 0.29) is 6.61 Å². The van der Waals surface area contributed by atoms with Gasteiger partial charge in [-0.1, -0.05) is 12.1 Å². The average Bonchev–Trinajstić information content (AvgIpc) is 2.73. The van der Waals surface area contributed by atoms with Gasteiger partial charge in [0.1, 0.15) is 5.82 Å². The van der Waals surface area contributed by atoms with Crippen LogP contribution in [0.15, 0.2) is 24.3 Å². The van der Waals surface area contributed by atoms with Crippen LogP contribution in [-0.4, -0.2) is 60.4 Å². The van der Waals surface area contributed by atoms with Crippen LogP contribution in [0.4, 0.5) is 5.82 Å². The predicted octanol–water partition coefficient (Wildman–Crippen LogP) is 2.97. The van der Waals surface area contributed by atoms with Gasteiger partial charge in [-0.2, -0.15) is 0 Å². The van der Waals surface area contributed by atoms with Crippen LogP contribution in [0.1, 0.15) is 30.9 Å². The van der Waals surface area contributed by atoms with Gasteiger partial charge < -0.3 is 14.7 Å². The van der Waals surface area contributed by atoms with Crippen molar-refractivity contribution in [1.82, 2.24) is 9.88 Å². The number of benzene rings is 1. The Morgan fingerprint density at radius 3 is 2.59 bits per heavy atom. The summed E-state index contributed by atoms with van der Waals surface area (Å²) in [7, 11) is 0. The van der Waals surface area contributed by atoms with Gasteiger partial charge in [-0.05, 0) is 50.3 Å². The highest BCUT2D eigenvalue weighted by molar-refractivity contribution is 5.82. The molecule has 0 saturated carbocycles. The summed E-state index contributed by atoms with van der Waals surface area (Å²) in [6.07, 6.45) is 2.36. The molecule has 0 aliphatic carbocycles. The highest BCUT2D eigenvalue weighted by atomic mass is 16.5. The molecule has 2 saturated heterocycles. The van der Waals surface area contributed by atoms with Gasteiger partial charge in [0.15, 0.2) is 0 Å². The summed E-state index contributed by atoms with van der Waals surface area (Å²) in [6, 6.07) is 9.04. The second-order valence-corrected chi connectivity index (χ2v) is 8.04. The van der Waals surface area contributed by atoms with Gasteiger partial charge in [-0.25, -0.2) is 4.98 Å². The van der Waals surface area contributed by atoms with E-state index in [2.05, 4.69) is 47.9 Å². The normalized spacial score (nSPS) is 20.9. The number of aryl methyl sites for hydroxylation is 1. The summed E-state index contributed by atoms with van der Waals surface area (Å²) in [4.78, 5) is 9.88. The number of piperidine rings is 1. The molecule has 1 N–H and O–H groups in total. The van der Waals surface area contributed by atoms with Crippen LogP contribution in [0.2, 0.25) is 0 Å². The maximum Gasteiger partial charge on any atom is 0.134 e. The van der Waals surface area contributed by atoms with Crippen molar-refractivity contribution in [3.63, 3.8) is 0 Å². The molecule has 2 aliphatic heterocycles. The first-order valence-corrected chi connectivity index (χ1v) is 10.2. The number of hydrogen-bond acceptors (Lipinski definition) is 5. The molecule has 0 amide bonds. The molecule has 2 aromatic rings. The monoisotopic (exact) mass is 369 g/mol. The molecule has 1 aromatic carbocycles. The quantitative estimate of drug-likeness (QED) is 0.898. The third-order valence-electron chi connectivity index (χ3n) is 6.34. The van der Waals surface area contributed by atoms with Crippen molar-refractivity contribution in [2.45, 2.75) is 39.3 Å². The average molecular weight is 370 g/mol. The molecule has 27 heavy (non-hydrogen) atoms. The van der Waals surface area contributed by atoms with Gasteiger partial charge in [0.05, 0.1) is 25.3 Å². The number of aromatic nitrogens is 1. The Balaban J connectivity index is 1.48. The van der Waals surface area contributed by atoms with Crippen molar-refractivity contribution in [2.24, 2.45) is 5.92 Å². The van der Waals surface area contributed by atoms with E-state index >= 15 is 0 Å². The number of nitrogens with zero attached hydrogens (tertiary/aromatic N) is 3. The van der Waals surface area contributed by atoms with E-state index in [0.717, 1.165) is 67.6 Å². The van der Waals surface area contributed by atoms with E-state index in [1.165, 1.54) is 18.4 Å². The molecular formula is C22H31N3O2. The van der Waals surface area contributed by atoms with Gasteiger partial charge in [0.25, 0.3) is 0 Å². The number of ether oxygens (including phenoxy) is 1. The van der Waals surface area contributed by atoms with Gasteiger partial charge >= 0.3 is 0 Å². The van der Waals surface area contributed by atoms with E-state index < -0.39 is 0 Å². The van der Waals surface area contributed by atoms with Crippen molar-refractivity contribution < 1.29 is 9.84 Å². The smallest absolute Gasteiger partial charge is 0.134 e. The van der Waals surface area contributed by atoms with Gasteiger partial charge in [-0.15, -0.1) is 0 Å². The second kappa shape index (κ2) is 8.13. The van der Waals surface area contributed by atoms with Crippen molar-refractivity contribution in [1.29, 1.82) is 0 Å². The second-order valence-electron chi connectivity index (χ2n) is 8.04. The number of hydrogen-bond donors (Lipinski definition) is 1. The highest BCUT2D eigenvalue weighted by Gasteiger charge is 2.29. The van der Waals surface area contributed by atoms with E-state index in [0.29, 0.717) is 6.04 Å². The largest absolute Gasteiger partial charge is 0.392 e. The molecular weight excluding hydrogens is 338 g/mol. The molecule has 5 nitrogen and oxygen atoms in total. The van der Waals surface area contributed by atoms with Crippen LogP contribution in [0.5, 0.6) is 0 Å². The molecule has 2 aliphatic rings. The summed E-state index contributed by atoms with van der Waals surface area (Å²) in [5, 5.41) is 11.0. The van der Waals surface area contributed by atoms with E-state index in [1.807, 2.05) is 0 Å². The zero-order chi connectivity index (χ0) is 18.8. The number of anilines is 1. The van der Waals surface area contributed by atoms with Crippen LogP contribution < -0.4 is 4.90 Å². The fourth-order valence-electron chi connectivity index (χ4n) is 4.58. The lowest BCUT2D eigenvalue weighted by molar-refractivity contribution is 0.00447. The summed E-state index contributed by atoms with van der Waals surface area (Å²) in [5.41, 5.74) is 3.17. The minimum Gasteiger partial charge on any atom is -0.392 e. The topological polar surface area (TPSA) is 48.8 Å². The standard InChI is InChI=1S/C22H31N3O2/c1-16-3-4-19-14-20(15-26)22(23-21(19)13-16)25-7-5-18(6-8-25)17(2)24-9-11-27-12-10-24/h3-4,13-14,17-18,26H,5-12,15H2,1-2H3/t17-/m1/s1. The van der Waals surface area contributed by atoms with Gasteiger partial charge in [0.2, 0.25) is 0 Å². The maximum atomic E-state index is 9.89. The zero-order valence-electron chi connectivity index (χ0n) is 16.5. The van der Waals surface area contributed by atoms with E-state index in [4.69, 9.17) is 9.72 Å². The number of aliphatic hydroxyl groups is 1. The molecule has 2 fully saturated rings. The molecule has 1 aromatic heterocycles. The Labute approximate surface area is 161 Å². The lowest BCUT2D eigenvalue weighted by Crippen LogP contribution is -2.48. The summed E-state index contributed by atoms with van der Waals surface area (Å²) in [5.74, 6) is 1.69. The zero-order valence-corrected chi connectivity index (χ0v) is 16.5. The molecule has 1 atom stereocenters. The van der Waals surface area contributed by atoms with Crippen LogP contribution in [-0.2, 0) is 11.3 Å². The Bertz CT molecular complexity index is 780. The van der Waals surface area contributed by atoms with Crippen LogP contribution in [0, 0.1) is 12.8 Å². The van der Waals surface area contributed by atoms with Gasteiger partial charge in [-0.3, -0.25) is 4.90 Å². The van der Waals surface area contributed by atoms with Crippen molar-refractivity contribution in [3.8, 4) is 0 Å². The minimum absolute atomic E-state index is 0.0380. The first-order chi connectivity index (χ1) is 13.2. The lowest BCUT2D eigenvalue weighted by atomic mass is 9.89. The Hall–Kier alpha value is -1.69. The van der Waals surface area contributed by atoms with Crippen LogP contribution >= 0.6 is 0 Å². The number of rotatable bonds is 4. The molecule has 0 bridgehead atoms. The van der Waals surface area contributed by atoms with Crippen molar-refractivity contribution >= 4 is 16.7 Å².